The van der Waals surface area contributed by atoms with Crippen molar-refractivity contribution >= 4 is 23.4 Å². The first kappa shape index (κ1) is 19.2. The Labute approximate surface area is 164 Å². The highest BCUT2D eigenvalue weighted by Gasteiger charge is 2.13. The van der Waals surface area contributed by atoms with E-state index in [1.807, 2.05) is 57.2 Å². The minimum Gasteiger partial charge on any atom is -0.325 e. The number of hydrogen-bond donors (Lipinski definition) is 1. The first-order valence-corrected chi connectivity index (χ1v) is 9.95. The third-order valence-corrected chi connectivity index (χ3v) is 5.41. The molecule has 0 fully saturated rings. The molecule has 140 valence electrons. The van der Waals surface area contributed by atoms with Gasteiger partial charge in [0.15, 0.2) is 5.16 Å². The molecule has 0 saturated heterocycles. The standard InChI is InChI=1S/C21H24N4OS/c1-15-8-7-9-16(2)20(15)22-19(26)14-27-21-24-23-17(3)25(21)13-12-18-10-5-4-6-11-18/h4-11H,12-14H2,1-3H3,(H,22,26). The zero-order chi connectivity index (χ0) is 19.2. The van der Waals surface area contributed by atoms with Crippen molar-refractivity contribution in [1.82, 2.24) is 14.8 Å². The van der Waals surface area contributed by atoms with Gasteiger partial charge in [-0.2, -0.15) is 0 Å². The second-order valence-corrected chi connectivity index (χ2v) is 7.46. The van der Waals surface area contributed by atoms with Gasteiger partial charge >= 0.3 is 0 Å². The minimum atomic E-state index is -0.0346. The average molecular weight is 381 g/mol. The summed E-state index contributed by atoms with van der Waals surface area (Å²) in [4.78, 5) is 12.4. The lowest BCUT2D eigenvalue weighted by atomic mass is 10.1. The SMILES string of the molecule is Cc1cccc(C)c1NC(=O)CSc1nnc(C)n1CCc1ccccc1. The van der Waals surface area contributed by atoms with Crippen molar-refractivity contribution in [3.05, 3.63) is 71.0 Å². The normalized spacial score (nSPS) is 10.8. The molecule has 2 aromatic carbocycles. The van der Waals surface area contributed by atoms with E-state index in [1.54, 1.807) is 0 Å². The van der Waals surface area contributed by atoms with Crippen LogP contribution in [0.1, 0.15) is 22.5 Å². The molecule has 0 radical (unpaired) electrons. The summed E-state index contributed by atoms with van der Waals surface area (Å²) in [5.74, 6) is 1.13. The van der Waals surface area contributed by atoms with Crippen LogP contribution in [0.5, 0.6) is 0 Å². The topological polar surface area (TPSA) is 59.8 Å². The van der Waals surface area contributed by atoms with E-state index in [2.05, 4.69) is 32.2 Å². The lowest BCUT2D eigenvalue weighted by Crippen LogP contribution is -2.16. The highest BCUT2D eigenvalue weighted by Crippen LogP contribution is 2.21. The molecule has 0 atom stereocenters. The Morgan fingerprint density at radius 2 is 1.70 bits per heavy atom. The Balaban J connectivity index is 1.60. The van der Waals surface area contributed by atoms with Gasteiger partial charge in [-0.1, -0.05) is 60.3 Å². The second kappa shape index (κ2) is 8.86. The van der Waals surface area contributed by atoms with E-state index in [1.165, 1.54) is 17.3 Å². The quantitative estimate of drug-likeness (QED) is 0.625. The largest absolute Gasteiger partial charge is 0.325 e. The summed E-state index contributed by atoms with van der Waals surface area (Å²) in [5.41, 5.74) is 4.30. The molecule has 1 aromatic heterocycles. The highest BCUT2D eigenvalue weighted by atomic mass is 32.2. The van der Waals surface area contributed by atoms with Crippen LogP contribution in [0.15, 0.2) is 53.7 Å². The number of amides is 1. The van der Waals surface area contributed by atoms with Gasteiger partial charge < -0.3 is 9.88 Å². The monoisotopic (exact) mass is 380 g/mol. The molecule has 6 heteroatoms. The van der Waals surface area contributed by atoms with Gasteiger partial charge in [-0.15, -0.1) is 10.2 Å². The molecule has 3 aromatic rings. The van der Waals surface area contributed by atoms with Crippen LogP contribution in [0.4, 0.5) is 5.69 Å². The van der Waals surface area contributed by atoms with Crippen LogP contribution < -0.4 is 5.32 Å². The van der Waals surface area contributed by atoms with Crippen molar-refractivity contribution in [2.75, 3.05) is 11.1 Å². The third-order valence-electron chi connectivity index (χ3n) is 4.45. The predicted molar refractivity (Wildman–Crippen MR) is 110 cm³/mol. The molecule has 5 nitrogen and oxygen atoms in total. The number of aromatic nitrogens is 3. The van der Waals surface area contributed by atoms with Crippen LogP contribution in [0.25, 0.3) is 0 Å². The van der Waals surface area contributed by atoms with Crippen molar-refractivity contribution in [2.45, 2.75) is 38.9 Å². The molecular formula is C21H24N4OS. The first-order valence-electron chi connectivity index (χ1n) is 8.97. The first-order chi connectivity index (χ1) is 13.0. The van der Waals surface area contributed by atoms with E-state index in [9.17, 15) is 4.79 Å². The number of carbonyl (C=O) groups is 1. The zero-order valence-corrected chi connectivity index (χ0v) is 16.7. The number of thioether (sulfide) groups is 1. The number of rotatable bonds is 7. The smallest absolute Gasteiger partial charge is 0.234 e. The van der Waals surface area contributed by atoms with Crippen molar-refractivity contribution in [1.29, 1.82) is 0 Å². The van der Waals surface area contributed by atoms with E-state index in [0.29, 0.717) is 5.75 Å². The lowest BCUT2D eigenvalue weighted by Gasteiger charge is -2.12. The Bertz CT molecular complexity index is 901. The summed E-state index contributed by atoms with van der Waals surface area (Å²) >= 11 is 1.42. The Morgan fingerprint density at radius 3 is 2.41 bits per heavy atom. The Kier molecular flexibility index (Phi) is 6.29. The molecule has 1 amide bonds. The van der Waals surface area contributed by atoms with Crippen LogP contribution in [-0.2, 0) is 17.8 Å². The molecule has 0 aliphatic carbocycles. The van der Waals surface area contributed by atoms with Crippen molar-refractivity contribution < 1.29 is 4.79 Å². The van der Waals surface area contributed by atoms with E-state index in [4.69, 9.17) is 0 Å². The van der Waals surface area contributed by atoms with Gasteiger partial charge in [0.25, 0.3) is 0 Å². The predicted octanol–water partition coefficient (Wildman–Crippen LogP) is 4.18. The fourth-order valence-electron chi connectivity index (χ4n) is 2.93. The minimum absolute atomic E-state index is 0.0346. The molecule has 27 heavy (non-hydrogen) atoms. The number of hydrogen-bond acceptors (Lipinski definition) is 4. The van der Waals surface area contributed by atoms with Gasteiger partial charge in [-0.3, -0.25) is 4.79 Å². The number of anilines is 1. The Morgan fingerprint density at radius 1 is 1.00 bits per heavy atom. The summed E-state index contributed by atoms with van der Waals surface area (Å²) in [7, 11) is 0. The van der Waals surface area contributed by atoms with E-state index >= 15 is 0 Å². The van der Waals surface area contributed by atoms with Crippen molar-refractivity contribution in [3.8, 4) is 0 Å². The molecule has 0 saturated carbocycles. The molecule has 3 rings (SSSR count). The van der Waals surface area contributed by atoms with Crippen LogP contribution in [-0.4, -0.2) is 26.4 Å². The zero-order valence-electron chi connectivity index (χ0n) is 15.9. The molecule has 0 unspecified atom stereocenters. The molecule has 1 N–H and O–H groups in total. The number of aryl methyl sites for hydroxylation is 4. The van der Waals surface area contributed by atoms with Gasteiger partial charge in [-0.05, 0) is 43.9 Å². The average Bonchev–Trinajstić information content (AvgIpc) is 3.02. The Hall–Kier alpha value is -2.60. The number of carbonyl (C=O) groups excluding carboxylic acids is 1. The van der Waals surface area contributed by atoms with Gasteiger partial charge in [-0.25, -0.2) is 0 Å². The summed E-state index contributed by atoms with van der Waals surface area (Å²) in [6.07, 6.45) is 0.905. The van der Waals surface area contributed by atoms with E-state index in [0.717, 1.165) is 40.8 Å². The molecular weight excluding hydrogens is 356 g/mol. The van der Waals surface area contributed by atoms with Gasteiger partial charge in [0.1, 0.15) is 5.82 Å². The number of benzene rings is 2. The highest BCUT2D eigenvalue weighted by molar-refractivity contribution is 7.99. The molecule has 0 spiro atoms. The fourth-order valence-corrected chi connectivity index (χ4v) is 3.74. The van der Waals surface area contributed by atoms with E-state index < -0.39 is 0 Å². The van der Waals surface area contributed by atoms with E-state index in [-0.39, 0.29) is 5.91 Å². The summed E-state index contributed by atoms with van der Waals surface area (Å²) in [5, 5.41) is 12.2. The molecule has 0 bridgehead atoms. The number of nitrogens with one attached hydrogen (secondary N) is 1. The lowest BCUT2D eigenvalue weighted by molar-refractivity contribution is -0.113. The number of para-hydroxylation sites is 1. The maximum absolute atomic E-state index is 12.4. The van der Waals surface area contributed by atoms with Crippen LogP contribution in [0.3, 0.4) is 0 Å². The summed E-state index contributed by atoms with van der Waals surface area (Å²) in [6.45, 7) is 6.74. The van der Waals surface area contributed by atoms with Gasteiger partial charge in [0.2, 0.25) is 5.91 Å². The molecule has 0 aliphatic heterocycles. The van der Waals surface area contributed by atoms with Crippen LogP contribution in [0.2, 0.25) is 0 Å². The van der Waals surface area contributed by atoms with Gasteiger partial charge in [0, 0.05) is 12.2 Å². The van der Waals surface area contributed by atoms with Crippen molar-refractivity contribution in [2.24, 2.45) is 0 Å². The fraction of sp³-hybridized carbons (Fsp3) is 0.286. The maximum Gasteiger partial charge on any atom is 0.234 e. The van der Waals surface area contributed by atoms with Crippen LogP contribution in [0, 0.1) is 20.8 Å². The summed E-state index contributed by atoms with van der Waals surface area (Å²) < 4.78 is 2.07. The third kappa shape index (κ3) is 4.98. The maximum atomic E-state index is 12.4. The second-order valence-electron chi connectivity index (χ2n) is 6.52. The van der Waals surface area contributed by atoms with Gasteiger partial charge in [0.05, 0.1) is 5.75 Å². The number of nitrogens with zero attached hydrogens (tertiary/aromatic N) is 3. The van der Waals surface area contributed by atoms with Crippen LogP contribution >= 0.6 is 11.8 Å². The molecule has 1 heterocycles. The molecule has 0 aliphatic rings. The van der Waals surface area contributed by atoms with Crippen molar-refractivity contribution in [3.63, 3.8) is 0 Å². The summed E-state index contributed by atoms with van der Waals surface area (Å²) in [6, 6.07) is 16.3.